The topological polar surface area (TPSA) is 128 Å². The number of hydrogen-bond acceptors (Lipinski definition) is 4. The Morgan fingerprint density at radius 2 is 1.91 bits per heavy atom. The van der Waals surface area contributed by atoms with Crippen molar-refractivity contribution < 1.29 is 14.0 Å². The Hall–Kier alpha value is -3.93. The van der Waals surface area contributed by atoms with Crippen LogP contribution in [0.1, 0.15) is 48.1 Å². The lowest BCUT2D eigenvalue weighted by Crippen LogP contribution is -2.41. The minimum Gasteiger partial charge on any atom is -0.366 e. The van der Waals surface area contributed by atoms with Gasteiger partial charge in [0.15, 0.2) is 0 Å². The van der Waals surface area contributed by atoms with Crippen molar-refractivity contribution >= 4 is 23.8 Å². The first-order chi connectivity index (χ1) is 15.4. The second-order valence-electron chi connectivity index (χ2n) is 6.45. The van der Waals surface area contributed by atoms with Gasteiger partial charge in [0.05, 0.1) is 23.4 Å². The first-order valence-corrected chi connectivity index (χ1v) is 10.2. The molecule has 0 fully saturated rings. The Bertz CT molecular complexity index is 1000. The van der Waals surface area contributed by atoms with Gasteiger partial charge in [-0.2, -0.15) is 5.26 Å². The zero-order valence-electron chi connectivity index (χ0n) is 18.6. The van der Waals surface area contributed by atoms with Crippen molar-refractivity contribution in [2.75, 3.05) is 11.9 Å². The molecule has 170 valence electrons. The standard InChI is InChI=1S/C18H17FN6O2.C3H6.C2H6/c19-11-1-3-12(4-2-11)23-18(27)24-7-8-25-14(5-6-20)13(9-21)16(17(22)26)15(25)10-24;1-3-2;1-2/h1-4,6,20H,5,7-8,10H2,(H2,22,26)(H,23,27);3H,1H2,2H3;1-2H3. The van der Waals surface area contributed by atoms with Crippen LogP contribution in [-0.2, 0) is 19.5 Å². The van der Waals surface area contributed by atoms with E-state index in [2.05, 4.69) is 11.9 Å². The molecule has 1 aromatic heterocycles. The summed E-state index contributed by atoms with van der Waals surface area (Å²) in [6, 6.07) is 6.97. The van der Waals surface area contributed by atoms with Crippen molar-refractivity contribution in [1.82, 2.24) is 9.47 Å². The van der Waals surface area contributed by atoms with Crippen molar-refractivity contribution in [3.8, 4) is 6.07 Å². The number of nitriles is 1. The molecule has 0 atom stereocenters. The predicted octanol–water partition coefficient (Wildman–Crippen LogP) is 4.06. The maximum Gasteiger partial charge on any atom is 0.322 e. The number of anilines is 1. The summed E-state index contributed by atoms with van der Waals surface area (Å²) in [7, 11) is 0. The fourth-order valence-corrected chi connectivity index (χ4v) is 3.24. The fraction of sp³-hybridized carbons (Fsp3) is 0.304. The van der Waals surface area contributed by atoms with Gasteiger partial charge in [0, 0.05) is 37.1 Å². The SMILES string of the molecule is C=CC.CC.N#Cc1c(C(N)=O)c2n(c1CC=N)CCN(C(=O)Nc1ccc(F)cc1)C2. The lowest BCUT2D eigenvalue weighted by molar-refractivity contribution is 0.0997. The molecule has 0 unspecified atom stereocenters. The highest BCUT2D eigenvalue weighted by atomic mass is 19.1. The highest BCUT2D eigenvalue weighted by Gasteiger charge is 2.31. The molecule has 0 bridgehead atoms. The molecule has 32 heavy (non-hydrogen) atoms. The molecule has 4 N–H and O–H groups in total. The van der Waals surface area contributed by atoms with E-state index in [1.54, 1.807) is 10.6 Å². The van der Waals surface area contributed by atoms with Crippen LogP contribution in [0.2, 0.25) is 0 Å². The number of hydrogen-bond donors (Lipinski definition) is 3. The van der Waals surface area contributed by atoms with Gasteiger partial charge in [0.2, 0.25) is 0 Å². The lowest BCUT2D eigenvalue weighted by atomic mass is 10.1. The van der Waals surface area contributed by atoms with Gasteiger partial charge < -0.3 is 25.9 Å². The Labute approximate surface area is 187 Å². The number of aromatic nitrogens is 1. The van der Waals surface area contributed by atoms with Crippen LogP contribution in [0.15, 0.2) is 36.9 Å². The number of halogens is 1. The zero-order valence-corrected chi connectivity index (χ0v) is 18.6. The summed E-state index contributed by atoms with van der Waals surface area (Å²) in [5, 5.41) is 19.4. The van der Waals surface area contributed by atoms with Gasteiger partial charge in [-0.3, -0.25) is 4.79 Å². The monoisotopic (exact) mass is 440 g/mol. The van der Waals surface area contributed by atoms with Gasteiger partial charge in [-0.1, -0.05) is 19.9 Å². The van der Waals surface area contributed by atoms with E-state index in [9.17, 15) is 19.2 Å². The Morgan fingerprint density at radius 1 is 1.31 bits per heavy atom. The third-order valence-corrected chi connectivity index (χ3v) is 4.45. The zero-order chi connectivity index (χ0) is 24.3. The average molecular weight is 441 g/mol. The van der Waals surface area contributed by atoms with Crippen LogP contribution in [0.25, 0.3) is 0 Å². The molecule has 1 aliphatic rings. The summed E-state index contributed by atoms with van der Waals surface area (Å²) >= 11 is 0. The number of urea groups is 1. The van der Waals surface area contributed by atoms with E-state index in [-0.39, 0.29) is 24.1 Å². The maximum absolute atomic E-state index is 13.0. The van der Waals surface area contributed by atoms with Gasteiger partial charge >= 0.3 is 6.03 Å². The molecule has 1 aliphatic heterocycles. The smallest absolute Gasteiger partial charge is 0.322 e. The molecular formula is C23H29FN6O2. The van der Waals surface area contributed by atoms with Crippen molar-refractivity contribution in [1.29, 1.82) is 10.7 Å². The van der Waals surface area contributed by atoms with E-state index in [1.807, 2.05) is 26.8 Å². The molecule has 0 saturated heterocycles. The van der Waals surface area contributed by atoms with Crippen LogP contribution < -0.4 is 11.1 Å². The number of nitrogens with two attached hydrogens (primary N) is 1. The minimum atomic E-state index is -0.743. The third-order valence-electron chi connectivity index (χ3n) is 4.45. The minimum absolute atomic E-state index is 0.0913. The molecule has 2 heterocycles. The number of nitrogens with zero attached hydrogens (tertiary/aromatic N) is 3. The van der Waals surface area contributed by atoms with E-state index in [0.717, 1.165) is 6.21 Å². The number of primary amides is 1. The van der Waals surface area contributed by atoms with Gasteiger partial charge in [-0.05, 0) is 31.2 Å². The molecule has 0 saturated carbocycles. The first kappa shape index (κ1) is 26.1. The van der Waals surface area contributed by atoms with Crippen LogP contribution >= 0.6 is 0 Å². The first-order valence-electron chi connectivity index (χ1n) is 10.2. The summed E-state index contributed by atoms with van der Waals surface area (Å²) in [5.41, 5.74) is 7.19. The second-order valence-corrected chi connectivity index (χ2v) is 6.45. The molecule has 2 aromatic rings. The van der Waals surface area contributed by atoms with Crippen LogP contribution in [0.3, 0.4) is 0 Å². The normalized spacial score (nSPS) is 11.4. The van der Waals surface area contributed by atoms with Crippen LogP contribution in [0.4, 0.5) is 14.9 Å². The Balaban J connectivity index is 0.000000944. The summed E-state index contributed by atoms with van der Waals surface area (Å²) in [4.78, 5) is 25.9. The molecular weight excluding hydrogens is 411 g/mol. The number of rotatable bonds is 4. The van der Waals surface area contributed by atoms with E-state index in [0.29, 0.717) is 30.2 Å². The highest BCUT2D eigenvalue weighted by molar-refractivity contribution is 5.98. The van der Waals surface area contributed by atoms with E-state index < -0.39 is 17.8 Å². The number of nitrogens with one attached hydrogen (secondary N) is 2. The van der Waals surface area contributed by atoms with Crippen molar-refractivity contribution in [2.45, 2.75) is 40.3 Å². The number of amides is 3. The van der Waals surface area contributed by atoms with E-state index in [1.165, 1.54) is 29.2 Å². The number of carbonyl (C=O) groups excluding carboxylic acids is 2. The van der Waals surface area contributed by atoms with Gasteiger partial charge in [0.1, 0.15) is 11.9 Å². The van der Waals surface area contributed by atoms with E-state index in [4.69, 9.17) is 11.1 Å². The number of fused-ring (bicyclic) bond motifs is 1. The molecule has 3 amide bonds. The Morgan fingerprint density at radius 3 is 2.41 bits per heavy atom. The Kier molecular flexibility index (Phi) is 10.4. The molecule has 0 spiro atoms. The molecule has 0 radical (unpaired) electrons. The third kappa shape index (κ3) is 6.04. The van der Waals surface area contributed by atoms with Crippen molar-refractivity contribution in [3.05, 3.63) is 65.3 Å². The average Bonchev–Trinajstić information content (AvgIpc) is 3.10. The summed E-state index contributed by atoms with van der Waals surface area (Å²) < 4.78 is 14.8. The molecule has 0 aliphatic carbocycles. The van der Waals surface area contributed by atoms with Crippen molar-refractivity contribution in [3.63, 3.8) is 0 Å². The molecule has 1 aromatic carbocycles. The predicted molar refractivity (Wildman–Crippen MR) is 123 cm³/mol. The second kappa shape index (κ2) is 12.7. The summed E-state index contributed by atoms with van der Waals surface area (Å²) in [5.74, 6) is -1.15. The summed E-state index contributed by atoms with van der Waals surface area (Å²) in [6.45, 7) is 10.1. The lowest BCUT2D eigenvalue weighted by Gasteiger charge is -2.30. The molecule has 9 heteroatoms. The molecule has 8 nitrogen and oxygen atoms in total. The quantitative estimate of drug-likeness (QED) is 0.490. The number of carbonyl (C=O) groups is 2. The van der Waals surface area contributed by atoms with Gasteiger partial charge in [-0.15, -0.1) is 6.58 Å². The van der Waals surface area contributed by atoms with Crippen molar-refractivity contribution in [2.24, 2.45) is 5.73 Å². The highest BCUT2D eigenvalue weighted by Crippen LogP contribution is 2.27. The van der Waals surface area contributed by atoms with Crippen LogP contribution in [0, 0.1) is 22.6 Å². The maximum atomic E-state index is 13.0. The van der Waals surface area contributed by atoms with Gasteiger partial charge in [-0.25, -0.2) is 9.18 Å². The number of allylic oxidation sites excluding steroid dienone is 1. The van der Waals surface area contributed by atoms with Gasteiger partial charge in [0.25, 0.3) is 5.91 Å². The van der Waals surface area contributed by atoms with Crippen LogP contribution in [0.5, 0.6) is 0 Å². The summed E-state index contributed by atoms with van der Waals surface area (Å²) in [6.07, 6.45) is 3.10. The largest absolute Gasteiger partial charge is 0.366 e. The molecule has 3 rings (SSSR count). The number of benzene rings is 1. The van der Waals surface area contributed by atoms with Crippen LogP contribution in [-0.4, -0.2) is 34.2 Å². The fourth-order valence-electron chi connectivity index (χ4n) is 3.24. The van der Waals surface area contributed by atoms with E-state index >= 15 is 0 Å².